The zero-order valence-corrected chi connectivity index (χ0v) is 19.1. The Kier molecular flexibility index (Phi) is 6.90. The zero-order valence-electron chi connectivity index (χ0n) is 18.1. The van der Waals surface area contributed by atoms with Crippen LogP contribution in [0.4, 0.5) is 0 Å². The fraction of sp³-hybridized carbons (Fsp3) is 0.478. The highest BCUT2D eigenvalue weighted by atomic mass is 28.4. The van der Waals surface area contributed by atoms with Crippen LogP contribution in [0.2, 0.25) is 18.1 Å². The molecule has 0 bridgehead atoms. The standard InChI is InChI=1S/C23H34O3Si/c1-17-9-10-19(15-26-27(7,8)23(3,4)5)14-21(17)20-11-12-22(18(2)13-20)25-16-24-6/h9-14H,15-16H2,1-8H3. The average molecular weight is 387 g/mol. The summed E-state index contributed by atoms with van der Waals surface area (Å²) in [4.78, 5) is 0. The molecule has 0 N–H and O–H groups in total. The van der Waals surface area contributed by atoms with Gasteiger partial charge >= 0.3 is 0 Å². The van der Waals surface area contributed by atoms with Crippen molar-refractivity contribution in [1.29, 1.82) is 0 Å². The fourth-order valence-electron chi connectivity index (χ4n) is 2.65. The molecule has 2 aromatic rings. The van der Waals surface area contributed by atoms with E-state index in [1.807, 2.05) is 6.07 Å². The number of methoxy groups -OCH3 is 1. The molecule has 0 aliphatic rings. The normalized spacial score (nSPS) is 12.3. The third kappa shape index (κ3) is 5.44. The van der Waals surface area contributed by atoms with Crippen molar-refractivity contribution in [3.8, 4) is 16.9 Å². The highest BCUT2D eigenvalue weighted by molar-refractivity contribution is 6.74. The fourth-order valence-corrected chi connectivity index (χ4v) is 3.61. The van der Waals surface area contributed by atoms with Crippen molar-refractivity contribution in [3.63, 3.8) is 0 Å². The molecular formula is C23H34O3Si. The van der Waals surface area contributed by atoms with Crippen LogP contribution in [-0.2, 0) is 15.8 Å². The van der Waals surface area contributed by atoms with E-state index in [1.54, 1.807) is 7.11 Å². The molecule has 27 heavy (non-hydrogen) atoms. The van der Waals surface area contributed by atoms with Crippen LogP contribution in [0.3, 0.4) is 0 Å². The Morgan fingerprint density at radius 3 is 2.22 bits per heavy atom. The second-order valence-corrected chi connectivity index (χ2v) is 13.5. The second kappa shape index (κ2) is 8.59. The molecule has 0 aromatic heterocycles. The van der Waals surface area contributed by atoms with Gasteiger partial charge in [0, 0.05) is 7.11 Å². The van der Waals surface area contributed by atoms with E-state index in [-0.39, 0.29) is 11.8 Å². The molecule has 0 unspecified atom stereocenters. The summed E-state index contributed by atoms with van der Waals surface area (Å²) in [5, 5.41) is 0.218. The maximum absolute atomic E-state index is 6.40. The molecule has 0 aliphatic heterocycles. The van der Waals surface area contributed by atoms with Gasteiger partial charge < -0.3 is 13.9 Å². The summed E-state index contributed by atoms with van der Waals surface area (Å²) in [6, 6.07) is 12.9. The van der Waals surface area contributed by atoms with Gasteiger partial charge in [0.2, 0.25) is 0 Å². The molecule has 0 radical (unpaired) electrons. The Bertz CT molecular complexity index is 776. The molecule has 0 amide bonds. The van der Waals surface area contributed by atoms with Gasteiger partial charge in [-0.3, -0.25) is 0 Å². The van der Waals surface area contributed by atoms with Crippen molar-refractivity contribution in [2.45, 2.75) is 59.4 Å². The Hall–Kier alpha value is -1.62. The predicted octanol–water partition coefficient (Wildman–Crippen LogP) is 6.47. The summed E-state index contributed by atoms with van der Waals surface area (Å²) in [6.45, 7) is 16.6. The van der Waals surface area contributed by atoms with E-state index in [4.69, 9.17) is 13.9 Å². The van der Waals surface area contributed by atoms with Gasteiger partial charge in [0.15, 0.2) is 15.1 Å². The number of ether oxygens (including phenoxy) is 2. The topological polar surface area (TPSA) is 27.7 Å². The van der Waals surface area contributed by atoms with Crippen LogP contribution < -0.4 is 4.74 Å². The molecule has 2 rings (SSSR count). The first kappa shape index (κ1) is 21.7. The molecular weight excluding hydrogens is 352 g/mol. The van der Waals surface area contributed by atoms with Gasteiger partial charge in [-0.2, -0.15) is 0 Å². The van der Waals surface area contributed by atoms with Crippen LogP contribution in [0.15, 0.2) is 36.4 Å². The first-order chi connectivity index (χ1) is 12.5. The SMILES string of the molecule is COCOc1ccc(-c2cc(CO[Si](C)(C)C(C)(C)C)ccc2C)cc1C. The summed E-state index contributed by atoms with van der Waals surface area (Å²) in [5.74, 6) is 0.857. The van der Waals surface area contributed by atoms with Crippen molar-refractivity contribution in [2.75, 3.05) is 13.9 Å². The highest BCUT2D eigenvalue weighted by Crippen LogP contribution is 2.37. The lowest BCUT2D eigenvalue weighted by molar-refractivity contribution is 0.0506. The molecule has 148 valence electrons. The lowest BCUT2D eigenvalue weighted by Crippen LogP contribution is -2.40. The highest BCUT2D eigenvalue weighted by Gasteiger charge is 2.37. The molecule has 0 atom stereocenters. The summed E-state index contributed by atoms with van der Waals surface area (Å²) in [7, 11) is -0.126. The van der Waals surface area contributed by atoms with E-state index < -0.39 is 8.32 Å². The molecule has 0 heterocycles. The van der Waals surface area contributed by atoms with Crippen molar-refractivity contribution in [2.24, 2.45) is 0 Å². The number of benzene rings is 2. The molecule has 0 aliphatic carbocycles. The van der Waals surface area contributed by atoms with Crippen LogP contribution in [0, 0.1) is 13.8 Å². The van der Waals surface area contributed by atoms with E-state index in [9.17, 15) is 0 Å². The third-order valence-corrected chi connectivity index (χ3v) is 10.0. The molecule has 0 saturated heterocycles. The van der Waals surface area contributed by atoms with E-state index in [0.717, 1.165) is 11.3 Å². The van der Waals surface area contributed by atoms with Crippen LogP contribution in [-0.4, -0.2) is 22.2 Å². The quantitative estimate of drug-likeness (QED) is 0.403. The van der Waals surface area contributed by atoms with E-state index in [1.165, 1.54) is 22.3 Å². The number of hydrogen-bond donors (Lipinski definition) is 0. The van der Waals surface area contributed by atoms with Gasteiger partial charge in [0.25, 0.3) is 0 Å². The summed E-state index contributed by atoms with van der Waals surface area (Å²) in [5.41, 5.74) is 6.03. The van der Waals surface area contributed by atoms with Gasteiger partial charge in [-0.1, -0.05) is 39.0 Å². The van der Waals surface area contributed by atoms with Crippen LogP contribution in [0.25, 0.3) is 11.1 Å². The van der Waals surface area contributed by atoms with Crippen LogP contribution in [0.5, 0.6) is 5.75 Å². The summed E-state index contributed by atoms with van der Waals surface area (Å²) < 4.78 is 17.0. The number of hydrogen-bond acceptors (Lipinski definition) is 3. The first-order valence-electron chi connectivity index (χ1n) is 9.51. The Morgan fingerprint density at radius 2 is 1.63 bits per heavy atom. The van der Waals surface area contributed by atoms with Crippen molar-refractivity contribution >= 4 is 8.32 Å². The van der Waals surface area contributed by atoms with Crippen molar-refractivity contribution < 1.29 is 13.9 Å². The molecule has 3 nitrogen and oxygen atoms in total. The monoisotopic (exact) mass is 386 g/mol. The van der Waals surface area contributed by atoms with Gasteiger partial charge in [-0.25, -0.2) is 0 Å². The Balaban J connectivity index is 2.24. The minimum atomic E-state index is -1.76. The molecule has 0 spiro atoms. The maximum Gasteiger partial charge on any atom is 0.192 e. The lowest BCUT2D eigenvalue weighted by atomic mass is 9.97. The molecule has 4 heteroatoms. The minimum Gasteiger partial charge on any atom is -0.467 e. The Labute approximate surface area is 165 Å². The summed E-state index contributed by atoms with van der Waals surface area (Å²) in [6.07, 6.45) is 0. The van der Waals surface area contributed by atoms with E-state index >= 15 is 0 Å². The van der Waals surface area contributed by atoms with E-state index in [0.29, 0.717) is 6.61 Å². The molecule has 0 saturated carbocycles. The molecule has 2 aromatic carbocycles. The molecule has 0 fully saturated rings. The predicted molar refractivity (Wildman–Crippen MR) is 116 cm³/mol. The largest absolute Gasteiger partial charge is 0.467 e. The van der Waals surface area contributed by atoms with Crippen LogP contribution >= 0.6 is 0 Å². The van der Waals surface area contributed by atoms with E-state index in [2.05, 4.69) is 78.0 Å². The maximum atomic E-state index is 6.40. The smallest absolute Gasteiger partial charge is 0.192 e. The number of rotatable bonds is 7. The minimum absolute atomic E-state index is 0.218. The zero-order chi connectivity index (χ0) is 20.2. The lowest BCUT2D eigenvalue weighted by Gasteiger charge is -2.36. The van der Waals surface area contributed by atoms with Gasteiger partial charge in [0.05, 0.1) is 6.61 Å². The third-order valence-electron chi connectivity index (χ3n) is 5.53. The van der Waals surface area contributed by atoms with Crippen molar-refractivity contribution in [3.05, 3.63) is 53.1 Å². The van der Waals surface area contributed by atoms with Gasteiger partial charge in [-0.15, -0.1) is 0 Å². The Morgan fingerprint density at radius 1 is 0.926 bits per heavy atom. The number of aryl methyl sites for hydroxylation is 2. The van der Waals surface area contributed by atoms with Gasteiger partial charge in [0.1, 0.15) is 5.75 Å². The summed E-state index contributed by atoms with van der Waals surface area (Å²) >= 11 is 0. The average Bonchev–Trinajstić information content (AvgIpc) is 2.59. The van der Waals surface area contributed by atoms with Crippen molar-refractivity contribution in [1.82, 2.24) is 0 Å². The first-order valence-corrected chi connectivity index (χ1v) is 12.4. The van der Waals surface area contributed by atoms with Gasteiger partial charge in [-0.05, 0) is 78.0 Å². The second-order valence-electron chi connectivity index (χ2n) is 8.73. The van der Waals surface area contributed by atoms with Crippen LogP contribution in [0.1, 0.15) is 37.5 Å².